The lowest BCUT2D eigenvalue weighted by Crippen LogP contribution is -2.36. The second kappa shape index (κ2) is 4.54. The fourth-order valence-corrected chi connectivity index (χ4v) is 3.72. The average molecular weight is 297 g/mol. The van der Waals surface area contributed by atoms with Crippen LogP contribution in [-0.4, -0.2) is 31.3 Å². The molecule has 2 atom stereocenters. The van der Waals surface area contributed by atoms with Crippen molar-refractivity contribution >= 4 is 0 Å². The molecule has 0 aromatic carbocycles. The number of fused-ring (bicyclic) bond motifs is 4. The molecule has 2 bridgehead atoms. The van der Waals surface area contributed by atoms with E-state index in [1.54, 1.807) is 6.26 Å². The summed E-state index contributed by atoms with van der Waals surface area (Å²) in [6, 6.07) is 4.58. The van der Waals surface area contributed by atoms with E-state index in [1.165, 1.54) is 17.7 Å². The molecule has 0 saturated carbocycles. The van der Waals surface area contributed by atoms with Crippen LogP contribution in [0.3, 0.4) is 0 Å². The average Bonchev–Trinajstić information content (AvgIpc) is 3.28. The van der Waals surface area contributed by atoms with Crippen molar-refractivity contribution in [3.8, 4) is 11.6 Å². The summed E-state index contributed by atoms with van der Waals surface area (Å²) in [5, 5.41) is 11.3. The van der Waals surface area contributed by atoms with Gasteiger partial charge in [-0.05, 0) is 25.0 Å². The van der Waals surface area contributed by atoms with E-state index in [0.717, 1.165) is 12.8 Å². The number of aromatic nitrogens is 4. The molecule has 2 aliphatic heterocycles. The summed E-state index contributed by atoms with van der Waals surface area (Å²) in [5.74, 6) is 1.78. The SMILES string of the molecule is c1coc(-c2noc(CN3C4CCC3c3cn[nH]c3C4)n2)c1. The monoisotopic (exact) mass is 297 g/mol. The van der Waals surface area contributed by atoms with Crippen molar-refractivity contribution in [2.24, 2.45) is 0 Å². The maximum Gasteiger partial charge on any atom is 0.241 e. The largest absolute Gasteiger partial charge is 0.461 e. The predicted octanol–water partition coefficient (Wildman–Crippen LogP) is 2.31. The Bertz CT molecular complexity index is 791. The van der Waals surface area contributed by atoms with Crippen LogP contribution in [0, 0.1) is 0 Å². The van der Waals surface area contributed by atoms with Gasteiger partial charge in [0.15, 0.2) is 5.76 Å². The van der Waals surface area contributed by atoms with Crippen molar-refractivity contribution < 1.29 is 8.94 Å². The lowest BCUT2D eigenvalue weighted by Gasteiger charge is -2.33. The van der Waals surface area contributed by atoms with Crippen molar-refractivity contribution in [1.82, 2.24) is 25.2 Å². The van der Waals surface area contributed by atoms with Gasteiger partial charge in [0.25, 0.3) is 0 Å². The molecule has 5 rings (SSSR count). The van der Waals surface area contributed by atoms with Crippen molar-refractivity contribution in [3.05, 3.63) is 41.7 Å². The number of nitrogens with one attached hydrogen (secondary N) is 1. The highest BCUT2D eigenvalue weighted by molar-refractivity contribution is 5.44. The molecule has 2 unspecified atom stereocenters. The minimum Gasteiger partial charge on any atom is -0.461 e. The van der Waals surface area contributed by atoms with Crippen LogP contribution in [0.5, 0.6) is 0 Å². The standard InChI is InChI=1S/C15H15N5O2/c1-2-13(21-5-1)15-17-14(22-19-15)8-20-9-3-4-12(20)10-7-16-18-11(10)6-9/h1-2,5,7,9,12H,3-4,6,8H2,(H,16,18). The summed E-state index contributed by atoms with van der Waals surface area (Å²) in [6.07, 6.45) is 6.95. The molecule has 7 nitrogen and oxygen atoms in total. The molecule has 1 fully saturated rings. The first-order valence-electron chi connectivity index (χ1n) is 7.53. The van der Waals surface area contributed by atoms with Crippen LogP contribution in [0.2, 0.25) is 0 Å². The fourth-order valence-electron chi connectivity index (χ4n) is 3.72. The molecule has 0 spiro atoms. The summed E-state index contributed by atoms with van der Waals surface area (Å²) in [5.41, 5.74) is 2.60. The second-order valence-electron chi connectivity index (χ2n) is 5.92. The topological polar surface area (TPSA) is 84.0 Å². The highest BCUT2D eigenvalue weighted by Crippen LogP contribution is 2.43. The zero-order valence-electron chi connectivity index (χ0n) is 11.9. The van der Waals surface area contributed by atoms with Gasteiger partial charge in [0, 0.05) is 29.8 Å². The van der Waals surface area contributed by atoms with Crippen molar-refractivity contribution in [2.45, 2.75) is 37.9 Å². The van der Waals surface area contributed by atoms with E-state index in [-0.39, 0.29) is 0 Å². The van der Waals surface area contributed by atoms with E-state index in [0.29, 0.717) is 36.1 Å². The molecule has 0 amide bonds. The summed E-state index contributed by atoms with van der Waals surface area (Å²) >= 11 is 0. The molecule has 22 heavy (non-hydrogen) atoms. The molecule has 1 N–H and O–H groups in total. The van der Waals surface area contributed by atoms with Crippen LogP contribution in [0.15, 0.2) is 33.5 Å². The van der Waals surface area contributed by atoms with Gasteiger partial charge in [-0.1, -0.05) is 5.16 Å². The summed E-state index contributed by atoms with van der Waals surface area (Å²) in [7, 11) is 0. The molecule has 5 heterocycles. The molecular weight excluding hydrogens is 282 g/mol. The first-order valence-corrected chi connectivity index (χ1v) is 7.53. The van der Waals surface area contributed by atoms with Crippen LogP contribution in [0.1, 0.15) is 36.0 Å². The Balaban J connectivity index is 1.41. The molecule has 3 aromatic heterocycles. The molecule has 0 aliphatic carbocycles. The molecule has 3 aromatic rings. The highest BCUT2D eigenvalue weighted by atomic mass is 16.5. The van der Waals surface area contributed by atoms with Gasteiger partial charge < -0.3 is 8.94 Å². The first kappa shape index (κ1) is 12.2. The Labute approximate surface area is 126 Å². The van der Waals surface area contributed by atoms with Gasteiger partial charge in [-0.3, -0.25) is 10.00 Å². The third-order valence-corrected chi connectivity index (χ3v) is 4.72. The van der Waals surface area contributed by atoms with Gasteiger partial charge >= 0.3 is 0 Å². The number of hydrogen-bond acceptors (Lipinski definition) is 6. The van der Waals surface area contributed by atoms with Gasteiger partial charge in [-0.2, -0.15) is 10.1 Å². The molecule has 112 valence electrons. The van der Waals surface area contributed by atoms with Crippen molar-refractivity contribution in [2.75, 3.05) is 0 Å². The van der Waals surface area contributed by atoms with Crippen LogP contribution in [0.25, 0.3) is 11.6 Å². The number of rotatable bonds is 3. The highest BCUT2D eigenvalue weighted by Gasteiger charge is 2.41. The van der Waals surface area contributed by atoms with E-state index >= 15 is 0 Å². The number of aromatic amines is 1. The lowest BCUT2D eigenvalue weighted by molar-refractivity contribution is 0.146. The Morgan fingerprint density at radius 2 is 2.36 bits per heavy atom. The lowest BCUT2D eigenvalue weighted by atomic mass is 10.0. The number of hydrogen-bond donors (Lipinski definition) is 1. The fraction of sp³-hybridized carbons (Fsp3) is 0.400. The zero-order chi connectivity index (χ0) is 14.5. The molecule has 2 aliphatic rings. The summed E-state index contributed by atoms with van der Waals surface area (Å²) in [4.78, 5) is 6.91. The van der Waals surface area contributed by atoms with Gasteiger partial charge in [0.1, 0.15) is 0 Å². The van der Waals surface area contributed by atoms with Gasteiger partial charge in [-0.15, -0.1) is 0 Å². The van der Waals surface area contributed by atoms with Crippen LogP contribution >= 0.6 is 0 Å². The number of H-pyrrole nitrogens is 1. The first-order chi connectivity index (χ1) is 10.9. The van der Waals surface area contributed by atoms with E-state index in [1.807, 2.05) is 18.3 Å². The van der Waals surface area contributed by atoms with Crippen molar-refractivity contribution in [3.63, 3.8) is 0 Å². The van der Waals surface area contributed by atoms with Crippen molar-refractivity contribution in [1.29, 1.82) is 0 Å². The Morgan fingerprint density at radius 3 is 3.27 bits per heavy atom. The van der Waals surface area contributed by atoms with Crippen LogP contribution in [-0.2, 0) is 13.0 Å². The van der Waals surface area contributed by atoms with Crippen LogP contribution in [0.4, 0.5) is 0 Å². The predicted molar refractivity (Wildman–Crippen MR) is 75.6 cm³/mol. The Hall–Kier alpha value is -2.41. The molecule has 1 saturated heterocycles. The maximum atomic E-state index is 5.40. The molecule has 7 heteroatoms. The normalized spacial score (nSPS) is 23.8. The van der Waals surface area contributed by atoms with E-state index in [2.05, 4.69) is 25.2 Å². The number of furan rings is 1. The van der Waals surface area contributed by atoms with Gasteiger partial charge in [0.05, 0.1) is 19.0 Å². The summed E-state index contributed by atoms with van der Waals surface area (Å²) in [6.45, 7) is 0.674. The van der Waals surface area contributed by atoms with Gasteiger partial charge in [-0.25, -0.2) is 0 Å². The number of nitrogens with zero attached hydrogens (tertiary/aromatic N) is 4. The second-order valence-corrected chi connectivity index (χ2v) is 5.92. The Morgan fingerprint density at radius 1 is 1.36 bits per heavy atom. The minimum atomic E-state index is 0.409. The third-order valence-electron chi connectivity index (χ3n) is 4.72. The summed E-state index contributed by atoms with van der Waals surface area (Å²) < 4.78 is 10.7. The molecular formula is C15H15N5O2. The maximum absolute atomic E-state index is 5.40. The van der Waals surface area contributed by atoms with E-state index in [9.17, 15) is 0 Å². The van der Waals surface area contributed by atoms with E-state index < -0.39 is 0 Å². The van der Waals surface area contributed by atoms with E-state index in [4.69, 9.17) is 8.94 Å². The quantitative estimate of drug-likeness (QED) is 0.798. The smallest absolute Gasteiger partial charge is 0.241 e. The third kappa shape index (κ3) is 1.75. The van der Waals surface area contributed by atoms with Gasteiger partial charge in [0.2, 0.25) is 11.7 Å². The molecule has 0 radical (unpaired) electrons. The minimum absolute atomic E-state index is 0.409. The zero-order valence-corrected chi connectivity index (χ0v) is 11.9. The van der Waals surface area contributed by atoms with Crippen LogP contribution < -0.4 is 0 Å². The Kier molecular flexibility index (Phi) is 2.51.